The molecule has 0 fully saturated rings. The maximum atomic E-state index is 12.7. The lowest BCUT2D eigenvalue weighted by molar-refractivity contribution is -0.117. The highest BCUT2D eigenvalue weighted by atomic mass is 35.5. The van der Waals surface area contributed by atoms with Crippen LogP contribution >= 0.6 is 11.6 Å². The lowest BCUT2D eigenvalue weighted by atomic mass is 10.2. The molecule has 122 valence electrons. The molecule has 1 amide bonds. The zero-order valence-electron chi connectivity index (χ0n) is 12.5. The van der Waals surface area contributed by atoms with Gasteiger partial charge in [0.05, 0.1) is 20.9 Å². The van der Waals surface area contributed by atoms with Gasteiger partial charge in [0.15, 0.2) is 0 Å². The van der Waals surface area contributed by atoms with Crippen LogP contribution in [0, 0.1) is 0 Å². The first-order valence-corrected chi connectivity index (χ1v) is 8.88. The monoisotopic (exact) mass is 352 g/mol. The van der Waals surface area contributed by atoms with Gasteiger partial charge in [0, 0.05) is 5.69 Å². The van der Waals surface area contributed by atoms with Crippen LogP contribution in [0.15, 0.2) is 58.3 Å². The van der Waals surface area contributed by atoms with Gasteiger partial charge < -0.3 is 11.1 Å². The highest BCUT2D eigenvalue weighted by Crippen LogP contribution is 2.28. The van der Waals surface area contributed by atoms with E-state index in [0.29, 0.717) is 12.1 Å². The molecule has 3 N–H and O–H groups in total. The summed E-state index contributed by atoms with van der Waals surface area (Å²) in [7, 11) is -3.77. The summed E-state index contributed by atoms with van der Waals surface area (Å²) in [4.78, 5) is 11.9. The van der Waals surface area contributed by atoms with Crippen molar-refractivity contribution in [3.05, 3.63) is 53.6 Å². The number of benzene rings is 2. The van der Waals surface area contributed by atoms with E-state index in [1.165, 1.54) is 24.3 Å². The van der Waals surface area contributed by atoms with Gasteiger partial charge in [-0.1, -0.05) is 36.7 Å². The average molecular weight is 353 g/mol. The number of amides is 1. The highest BCUT2D eigenvalue weighted by Gasteiger charge is 2.21. The molecule has 1 atom stereocenters. The SMILES string of the molecule is CCC(N)C(=O)Nc1cccc(S(=O)(=O)c2ccccc2Cl)c1. The molecular formula is C16H17ClN2O3S. The summed E-state index contributed by atoms with van der Waals surface area (Å²) >= 11 is 5.98. The molecule has 5 nitrogen and oxygen atoms in total. The fraction of sp³-hybridized carbons (Fsp3) is 0.188. The van der Waals surface area contributed by atoms with Crippen LogP contribution in [0.5, 0.6) is 0 Å². The molecular weight excluding hydrogens is 336 g/mol. The lowest BCUT2D eigenvalue weighted by Crippen LogP contribution is -2.34. The third kappa shape index (κ3) is 3.90. The van der Waals surface area contributed by atoms with Gasteiger partial charge in [-0.2, -0.15) is 0 Å². The van der Waals surface area contributed by atoms with Crippen molar-refractivity contribution in [1.82, 2.24) is 0 Å². The maximum Gasteiger partial charge on any atom is 0.241 e. The fourth-order valence-electron chi connectivity index (χ4n) is 1.95. The number of carbonyl (C=O) groups is 1. The Morgan fingerprint density at radius 1 is 1.22 bits per heavy atom. The summed E-state index contributed by atoms with van der Waals surface area (Å²) < 4.78 is 25.3. The van der Waals surface area contributed by atoms with Crippen molar-refractivity contribution < 1.29 is 13.2 Å². The van der Waals surface area contributed by atoms with Crippen LogP contribution in [0.4, 0.5) is 5.69 Å². The molecule has 0 aliphatic heterocycles. The molecule has 0 heterocycles. The second-order valence-electron chi connectivity index (χ2n) is 4.97. The third-order valence-electron chi connectivity index (χ3n) is 3.31. The minimum absolute atomic E-state index is 0.0235. The van der Waals surface area contributed by atoms with E-state index < -0.39 is 15.9 Å². The Kier molecular flexibility index (Phi) is 5.41. The molecule has 1 unspecified atom stereocenters. The topological polar surface area (TPSA) is 89.3 Å². The Hall–Kier alpha value is -1.89. The van der Waals surface area contributed by atoms with E-state index in [0.717, 1.165) is 0 Å². The van der Waals surface area contributed by atoms with Gasteiger partial charge in [0.25, 0.3) is 0 Å². The van der Waals surface area contributed by atoms with Crippen molar-refractivity contribution in [3.63, 3.8) is 0 Å². The molecule has 23 heavy (non-hydrogen) atoms. The normalized spacial score (nSPS) is 12.7. The van der Waals surface area contributed by atoms with E-state index in [9.17, 15) is 13.2 Å². The fourth-order valence-corrected chi connectivity index (χ4v) is 3.77. The number of nitrogens with one attached hydrogen (secondary N) is 1. The Morgan fingerprint density at radius 2 is 1.91 bits per heavy atom. The molecule has 0 saturated heterocycles. The van der Waals surface area contributed by atoms with Crippen molar-refractivity contribution in [2.45, 2.75) is 29.2 Å². The molecule has 0 spiro atoms. The Morgan fingerprint density at radius 3 is 2.57 bits per heavy atom. The molecule has 2 aromatic carbocycles. The van der Waals surface area contributed by atoms with E-state index in [-0.39, 0.29) is 20.7 Å². The van der Waals surface area contributed by atoms with Crippen molar-refractivity contribution in [2.75, 3.05) is 5.32 Å². The van der Waals surface area contributed by atoms with Gasteiger partial charge in [-0.05, 0) is 36.8 Å². The van der Waals surface area contributed by atoms with Gasteiger partial charge in [-0.25, -0.2) is 8.42 Å². The van der Waals surface area contributed by atoms with Crippen molar-refractivity contribution in [2.24, 2.45) is 5.73 Å². The predicted molar refractivity (Wildman–Crippen MR) is 90.2 cm³/mol. The average Bonchev–Trinajstić information content (AvgIpc) is 2.54. The minimum atomic E-state index is -3.77. The van der Waals surface area contributed by atoms with Crippen LogP contribution in [-0.2, 0) is 14.6 Å². The Bertz CT molecular complexity index is 822. The first kappa shape index (κ1) is 17.5. The molecule has 7 heteroatoms. The highest BCUT2D eigenvalue weighted by molar-refractivity contribution is 7.91. The molecule has 0 radical (unpaired) electrons. The smallest absolute Gasteiger partial charge is 0.241 e. The van der Waals surface area contributed by atoms with E-state index in [1.807, 2.05) is 0 Å². The summed E-state index contributed by atoms with van der Waals surface area (Å²) in [6.07, 6.45) is 0.490. The summed E-state index contributed by atoms with van der Waals surface area (Å²) in [5.41, 5.74) is 6.02. The largest absolute Gasteiger partial charge is 0.325 e. The number of hydrogen-bond donors (Lipinski definition) is 2. The number of nitrogens with two attached hydrogens (primary N) is 1. The second-order valence-corrected chi connectivity index (χ2v) is 7.29. The molecule has 2 aromatic rings. The van der Waals surface area contributed by atoms with Crippen molar-refractivity contribution in [3.8, 4) is 0 Å². The standard InChI is InChI=1S/C16H17ClN2O3S/c1-2-14(18)16(20)19-11-6-5-7-12(10-11)23(21,22)15-9-4-3-8-13(15)17/h3-10,14H,2,18H2,1H3,(H,19,20). The molecule has 2 rings (SSSR count). The zero-order valence-corrected chi connectivity index (χ0v) is 14.1. The lowest BCUT2D eigenvalue weighted by Gasteiger charge is -2.12. The van der Waals surface area contributed by atoms with Crippen molar-refractivity contribution >= 4 is 33.0 Å². The summed E-state index contributed by atoms with van der Waals surface area (Å²) in [5.74, 6) is -0.361. The third-order valence-corrected chi connectivity index (χ3v) is 5.57. The summed E-state index contributed by atoms with van der Waals surface area (Å²) in [5, 5.41) is 2.76. The molecule has 0 aromatic heterocycles. The van der Waals surface area contributed by atoms with Gasteiger partial charge in [-0.3, -0.25) is 4.79 Å². The number of sulfone groups is 1. The first-order valence-electron chi connectivity index (χ1n) is 7.02. The number of halogens is 1. The Labute approximate surface area is 140 Å². The maximum absolute atomic E-state index is 12.7. The van der Waals surface area contributed by atoms with Crippen LogP contribution in [0.25, 0.3) is 0 Å². The molecule has 0 aliphatic carbocycles. The number of hydrogen-bond acceptors (Lipinski definition) is 4. The summed E-state index contributed by atoms with van der Waals surface area (Å²) in [6, 6.07) is 11.6. The van der Waals surface area contributed by atoms with E-state index in [2.05, 4.69) is 5.32 Å². The zero-order chi connectivity index (χ0) is 17.0. The van der Waals surface area contributed by atoms with Gasteiger partial charge in [0.2, 0.25) is 15.7 Å². The van der Waals surface area contributed by atoms with Crippen LogP contribution in [0.2, 0.25) is 5.02 Å². The first-order chi connectivity index (χ1) is 10.9. The van der Waals surface area contributed by atoms with E-state index in [1.54, 1.807) is 31.2 Å². The number of rotatable bonds is 5. The van der Waals surface area contributed by atoms with Gasteiger partial charge >= 0.3 is 0 Å². The van der Waals surface area contributed by atoms with Gasteiger partial charge in [-0.15, -0.1) is 0 Å². The Balaban J connectivity index is 2.36. The van der Waals surface area contributed by atoms with Crippen LogP contribution in [0.1, 0.15) is 13.3 Å². The minimum Gasteiger partial charge on any atom is -0.325 e. The molecule has 0 saturated carbocycles. The van der Waals surface area contributed by atoms with Crippen LogP contribution in [-0.4, -0.2) is 20.4 Å². The second kappa shape index (κ2) is 7.12. The quantitative estimate of drug-likeness (QED) is 0.865. The molecule has 0 bridgehead atoms. The number of carbonyl (C=O) groups excluding carboxylic acids is 1. The van der Waals surface area contributed by atoms with Gasteiger partial charge in [0.1, 0.15) is 0 Å². The predicted octanol–water partition coefficient (Wildman–Crippen LogP) is 2.85. The van der Waals surface area contributed by atoms with Crippen LogP contribution in [0.3, 0.4) is 0 Å². The van der Waals surface area contributed by atoms with E-state index in [4.69, 9.17) is 17.3 Å². The van der Waals surface area contributed by atoms with Crippen molar-refractivity contribution in [1.29, 1.82) is 0 Å². The summed E-state index contributed by atoms with van der Waals surface area (Å²) in [6.45, 7) is 1.79. The molecule has 0 aliphatic rings. The van der Waals surface area contributed by atoms with E-state index >= 15 is 0 Å². The number of anilines is 1. The van der Waals surface area contributed by atoms with Crippen LogP contribution < -0.4 is 11.1 Å².